The van der Waals surface area contributed by atoms with Gasteiger partial charge >= 0.3 is 0 Å². The number of nitrogens with one attached hydrogen (secondary N) is 1. The van der Waals surface area contributed by atoms with Crippen molar-refractivity contribution >= 4 is 39.8 Å². The molecular weight excluding hydrogens is 446 g/mol. The van der Waals surface area contributed by atoms with Crippen LogP contribution in [-0.2, 0) is 11.2 Å². The third kappa shape index (κ3) is 5.19. The van der Waals surface area contributed by atoms with Gasteiger partial charge in [0.15, 0.2) is 5.82 Å². The van der Waals surface area contributed by atoms with Gasteiger partial charge in [-0.3, -0.25) is 9.69 Å². The van der Waals surface area contributed by atoms with Crippen molar-refractivity contribution in [2.45, 2.75) is 6.42 Å². The summed E-state index contributed by atoms with van der Waals surface area (Å²) in [5, 5.41) is 15.0. The molecule has 1 aromatic heterocycles. The van der Waals surface area contributed by atoms with Gasteiger partial charge in [-0.05, 0) is 23.8 Å². The third-order valence-corrected chi connectivity index (χ3v) is 6.34. The Kier molecular flexibility index (Phi) is 6.70. The number of hydrogen-bond acceptors (Lipinski definition) is 5. The Bertz CT molecular complexity index is 1290. The summed E-state index contributed by atoms with van der Waals surface area (Å²) >= 11 is 6.01. The molecule has 0 bridgehead atoms. The van der Waals surface area contributed by atoms with E-state index in [-0.39, 0.29) is 5.91 Å². The molecule has 0 spiro atoms. The van der Waals surface area contributed by atoms with Crippen LogP contribution in [0.25, 0.3) is 10.8 Å². The normalized spacial score (nSPS) is 14.3. The number of halogens is 1. The lowest BCUT2D eigenvalue weighted by Crippen LogP contribution is -2.49. The highest BCUT2D eigenvalue weighted by Gasteiger charge is 2.22. The highest BCUT2D eigenvalue weighted by atomic mass is 35.5. The molecule has 0 aliphatic carbocycles. The molecule has 0 atom stereocenters. The molecule has 0 radical (unpaired) electrons. The number of nitrogens with zero attached hydrogens (tertiary/aromatic N) is 4. The number of fused-ring (bicyclic) bond motifs is 1. The molecule has 0 unspecified atom stereocenters. The maximum atomic E-state index is 12.5. The lowest BCUT2D eigenvalue weighted by Gasteiger charge is -2.35. The fourth-order valence-corrected chi connectivity index (χ4v) is 4.58. The lowest BCUT2D eigenvalue weighted by atomic mass is 10.0. The number of piperazine rings is 1. The lowest BCUT2D eigenvalue weighted by molar-refractivity contribution is -0.117. The van der Waals surface area contributed by atoms with E-state index in [0.29, 0.717) is 17.3 Å². The quantitative estimate of drug-likeness (QED) is 0.444. The van der Waals surface area contributed by atoms with Gasteiger partial charge in [0.05, 0.1) is 12.2 Å². The summed E-state index contributed by atoms with van der Waals surface area (Å²) < 4.78 is 0. The van der Waals surface area contributed by atoms with Gasteiger partial charge in [-0.1, -0.05) is 72.3 Å². The summed E-state index contributed by atoms with van der Waals surface area (Å²) in [5.41, 5.74) is 2.93. The van der Waals surface area contributed by atoms with E-state index in [1.807, 2.05) is 30.3 Å². The maximum absolute atomic E-state index is 12.5. The highest BCUT2D eigenvalue weighted by Crippen LogP contribution is 2.28. The summed E-state index contributed by atoms with van der Waals surface area (Å²) in [6.07, 6.45) is 0.754. The number of hydrogen-bond donors (Lipinski definition) is 1. The Balaban J connectivity index is 1.25. The third-order valence-electron chi connectivity index (χ3n) is 6.11. The van der Waals surface area contributed by atoms with Gasteiger partial charge in [-0.15, -0.1) is 5.10 Å². The van der Waals surface area contributed by atoms with Crippen molar-refractivity contribution in [3.8, 4) is 0 Å². The zero-order chi connectivity index (χ0) is 23.3. The molecule has 1 aliphatic heterocycles. The van der Waals surface area contributed by atoms with Crippen molar-refractivity contribution in [1.82, 2.24) is 15.1 Å². The molecule has 1 amide bonds. The van der Waals surface area contributed by atoms with E-state index in [4.69, 9.17) is 11.6 Å². The van der Waals surface area contributed by atoms with Gasteiger partial charge in [-0.25, -0.2) is 0 Å². The topological polar surface area (TPSA) is 61.4 Å². The number of anilines is 2. The standard InChI is InChI=1S/C27H26ClN5O/c28-21-9-6-10-22(18-21)29-26(34)19-32-13-15-33(16-14-32)27-24-12-5-4-11-23(24)25(30-31-27)17-20-7-2-1-3-8-20/h1-12,18H,13-17,19H2,(H,29,34). The highest BCUT2D eigenvalue weighted by molar-refractivity contribution is 6.30. The minimum absolute atomic E-state index is 0.0359. The number of carbonyl (C=O) groups excluding carboxylic acids is 1. The first kappa shape index (κ1) is 22.3. The smallest absolute Gasteiger partial charge is 0.238 e. The minimum Gasteiger partial charge on any atom is -0.352 e. The zero-order valence-corrected chi connectivity index (χ0v) is 19.6. The van der Waals surface area contributed by atoms with Crippen LogP contribution in [0, 0.1) is 0 Å². The fourth-order valence-electron chi connectivity index (χ4n) is 4.39. The number of amides is 1. The van der Waals surface area contributed by atoms with Crippen LogP contribution in [0.1, 0.15) is 11.3 Å². The van der Waals surface area contributed by atoms with Crippen LogP contribution in [0.15, 0.2) is 78.9 Å². The van der Waals surface area contributed by atoms with E-state index < -0.39 is 0 Å². The second kappa shape index (κ2) is 10.2. The Morgan fingerprint density at radius 2 is 1.59 bits per heavy atom. The molecule has 0 saturated carbocycles. The first-order valence-corrected chi connectivity index (χ1v) is 11.8. The summed E-state index contributed by atoms with van der Waals surface area (Å²) in [6, 6.07) is 25.9. The van der Waals surface area contributed by atoms with Gasteiger partial charge in [-0.2, -0.15) is 5.10 Å². The number of benzene rings is 3. The monoisotopic (exact) mass is 471 g/mol. The first-order chi connectivity index (χ1) is 16.7. The first-order valence-electron chi connectivity index (χ1n) is 11.5. The van der Waals surface area contributed by atoms with Crippen molar-refractivity contribution in [1.29, 1.82) is 0 Å². The Hall–Kier alpha value is -3.48. The van der Waals surface area contributed by atoms with E-state index in [9.17, 15) is 4.79 Å². The predicted octanol–water partition coefficient (Wildman–Crippen LogP) is 4.63. The van der Waals surface area contributed by atoms with Crippen LogP contribution in [0.2, 0.25) is 5.02 Å². The Morgan fingerprint density at radius 1 is 0.853 bits per heavy atom. The van der Waals surface area contributed by atoms with Crippen molar-refractivity contribution in [3.05, 3.63) is 95.1 Å². The number of rotatable bonds is 6. The van der Waals surface area contributed by atoms with Crippen molar-refractivity contribution in [2.75, 3.05) is 42.9 Å². The molecule has 5 rings (SSSR count). The molecule has 34 heavy (non-hydrogen) atoms. The average Bonchev–Trinajstić information content (AvgIpc) is 2.85. The predicted molar refractivity (Wildman–Crippen MR) is 138 cm³/mol. The Morgan fingerprint density at radius 3 is 2.35 bits per heavy atom. The summed E-state index contributed by atoms with van der Waals surface area (Å²) in [5.74, 6) is 0.877. The van der Waals surface area contributed by atoms with Gasteiger partial charge in [0.2, 0.25) is 5.91 Å². The summed E-state index contributed by atoms with van der Waals surface area (Å²) in [7, 11) is 0. The van der Waals surface area contributed by atoms with E-state index in [2.05, 4.69) is 61.7 Å². The van der Waals surface area contributed by atoms with E-state index in [0.717, 1.165) is 54.9 Å². The van der Waals surface area contributed by atoms with Crippen LogP contribution in [0.3, 0.4) is 0 Å². The SMILES string of the molecule is O=C(CN1CCN(c2nnc(Cc3ccccc3)c3ccccc23)CC1)Nc1cccc(Cl)c1. The molecular formula is C27H26ClN5O. The van der Waals surface area contributed by atoms with Gasteiger partial charge in [0.25, 0.3) is 0 Å². The Labute approximate surface area is 204 Å². The van der Waals surface area contributed by atoms with Gasteiger partial charge in [0, 0.05) is 54.1 Å². The summed E-state index contributed by atoms with van der Waals surface area (Å²) in [6.45, 7) is 3.50. The number of aromatic nitrogens is 2. The van der Waals surface area contributed by atoms with Crippen LogP contribution >= 0.6 is 11.6 Å². The van der Waals surface area contributed by atoms with Gasteiger partial charge < -0.3 is 10.2 Å². The molecule has 1 N–H and O–H groups in total. The summed E-state index contributed by atoms with van der Waals surface area (Å²) in [4.78, 5) is 16.9. The van der Waals surface area contributed by atoms with E-state index >= 15 is 0 Å². The molecule has 1 aliphatic rings. The maximum Gasteiger partial charge on any atom is 0.238 e. The van der Waals surface area contributed by atoms with Crippen LogP contribution in [-0.4, -0.2) is 53.7 Å². The molecule has 7 heteroatoms. The molecule has 1 fully saturated rings. The van der Waals surface area contributed by atoms with E-state index in [1.165, 1.54) is 5.56 Å². The average molecular weight is 472 g/mol. The largest absolute Gasteiger partial charge is 0.352 e. The van der Waals surface area contributed by atoms with Gasteiger partial charge in [0.1, 0.15) is 0 Å². The second-order valence-corrected chi connectivity index (χ2v) is 8.94. The van der Waals surface area contributed by atoms with Crippen LogP contribution in [0.4, 0.5) is 11.5 Å². The van der Waals surface area contributed by atoms with E-state index in [1.54, 1.807) is 12.1 Å². The molecule has 4 aromatic rings. The second-order valence-electron chi connectivity index (χ2n) is 8.50. The van der Waals surface area contributed by atoms with Crippen molar-refractivity contribution in [3.63, 3.8) is 0 Å². The fraction of sp³-hybridized carbons (Fsp3) is 0.222. The molecule has 6 nitrogen and oxygen atoms in total. The number of carbonyl (C=O) groups is 1. The molecule has 2 heterocycles. The van der Waals surface area contributed by atoms with Crippen molar-refractivity contribution in [2.24, 2.45) is 0 Å². The van der Waals surface area contributed by atoms with Crippen LogP contribution < -0.4 is 10.2 Å². The molecule has 1 saturated heterocycles. The molecule has 172 valence electrons. The molecule has 3 aromatic carbocycles. The van der Waals surface area contributed by atoms with Crippen molar-refractivity contribution < 1.29 is 4.79 Å². The zero-order valence-electron chi connectivity index (χ0n) is 18.8. The minimum atomic E-state index is -0.0359. The van der Waals surface area contributed by atoms with Crippen LogP contribution in [0.5, 0.6) is 0 Å².